The number of pyridine rings is 1. The Labute approximate surface area is 193 Å². The highest BCUT2D eigenvalue weighted by atomic mass is 19.4. The van der Waals surface area contributed by atoms with Crippen molar-refractivity contribution >= 4 is 11.4 Å². The minimum absolute atomic E-state index is 0.0557. The van der Waals surface area contributed by atoms with Crippen molar-refractivity contribution in [3.63, 3.8) is 0 Å². The van der Waals surface area contributed by atoms with Crippen molar-refractivity contribution in [2.24, 2.45) is 0 Å². The maximum absolute atomic E-state index is 12.4. The molecule has 0 fully saturated rings. The minimum Gasteiger partial charge on any atom is -0.481 e. The van der Waals surface area contributed by atoms with Gasteiger partial charge in [-0.2, -0.15) is 23.1 Å². The van der Waals surface area contributed by atoms with E-state index < -0.39 is 24.8 Å². The summed E-state index contributed by atoms with van der Waals surface area (Å²) in [5, 5.41) is 0. The molecule has 0 amide bonds. The van der Waals surface area contributed by atoms with Gasteiger partial charge in [0.25, 0.3) is 0 Å². The summed E-state index contributed by atoms with van der Waals surface area (Å²) in [5.74, 6) is 0.702. The average Bonchev–Trinajstić information content (AvgIpc) is 3.25. The van der Waals surface area contributed by atoms with Gasteiger partial charge in [-0.25, -0.2) is 4.98 Å². The summed E-state index contributed by atoms with van der Waals surface area (Å²) in [6, 6.07) is 12.4. The number of hydrogen-bond acceptors (Lipinski definition) is 6. The lowest BCUT2D eigenvalue weighted by Crippen LogP contribution is -2.12. The second kappa shape index (κ2) is 9.50. The number of ketones is 1. The Morgan fingerprint density at radius 2 is 1.74 bits per heavy atom. The minimum atomic E-state index is -4.34. The normalized spacial score (nSPS) is 11.6. The molecule has 0 spiro atoms. The molecule has 0 N–H and O–H groups in total. The van der Waals surface area contributed by atoms with E-state index in [9.17, 15) is 18.0 Å². The van der Waals surface area contributed by atoms with Crippen LogP contribution in [0.4, 0.5) is 13.2 Å². The van der Waals surface area contributed by atoms with Crippen molar-refractivity contribution in [1.29, 1.82) is 0 Å². The van der Waals surface area contributed by atoms with Crippen molar-refractivity contribution in [2.45, 2.75) is 25.4 Å². The summed E-state index contributed by atoms with van der Waals surface area (Å²) in [4.78, 5) is 25.2. The number of rotatable bonds is 8. The number of fused-ring (bicyclic) bond motifs is 1. The average molecular weight is 470 g/mol. The fourth-order valence-corrected chi connectivity index (χ4v) is 3.51. The number of Topliss-reactive ketones (excluding diaryl/α,β-unsaturated/α-hetero) is 1. The molecule has 0 bridgehead atoms. The van der Waals surface area contributed by atoms with Gasteiger partial charge < -0.3 is 9.47 Å². The number of imidazole rings is 1. The van der Waals surface area contributed by atoms with Gasteiger partial charge >= 0.3 is 6.18 Å². The summed E-state index contributed by atoms with van der Waals surface area (Å²) < 4.78 is 49.4. The molecule has 4 rings (SSSR count). The third-order valence-electron chi connectivity index (χ3n) is 5.18. The highest BCUT2D eigenvalue weighted by Gasteiger charge is 2.27. The molecule has 0 saturated carbocycles. The summed E-state index contributed by atoms with van der Waals surface area (Å²) in [6.07, 6.45) is -2.51. The first-order valence-electron chi connectivity index (χ1n) is 10.4. The maximum Gasteiger partial charge on any atom is 0.389 e. The highest BCUT2D eigenvalue weighted by Crippen LogP contribution is 2.27. The summed E-state index contributed by atoms with van der Waals surface area (Å²) in [5.41, 5.74) is 3.57. The smallest absolute Gasteiger partial charge is 0.389 e. The van der Waals surface area contributed by atoms with Gasteiger partial charge in [-0.05, 0) is 23.8 Å². The van der Waals surface area contributed by atoms with E-state index in [-0.39, 0.29) is 6.42 Å². The second-order valence-corrected chi connectivity index (χ2v) is 7.59. The molecule has 0 aliphatic rings. The molecule has 3 aromatic heterocycles. The van der Waals surface area contributed by atoms with Gasteiger partial charge in [0.1, 0.15) is 11.4 Å². The zero-order chi connectivity index (χ0) is 24.3. The molecular weight excluding hydrogens is 449 g/mol. The fraction of sp³-hybridized carbons (Fsp3) is 0.250. The molecule has 10 heteroatoms. The van der Waals surface area contributed by atoms with Gasteiger partial charge in [0.2, 0.25) is 11.8 Å². The SMILES string of the molecule is COc1cc(OC)nc(-c2ccn3c(-c4cccc(CC(=O)CCC(F)(F)F)c4)cnc3c2)n1. The number of carbonyl (C=O) groups is 1. The van der Waals surface area contributed by atoms with Gasteiger partial charge in [0.05, 0.1) is 38.6 Å². The van der Waals surface area contributed by atoms with Crippen LogP contribution >= 0.6 is 0 Å². The Morgan fingerprint density at radius 3 is 2.41 bits per heavy atom. The van der Waals surface area contributed by atoms with E-state index in [1.54, 1.807) is 30.5 Å². The Bertz CT molecular complexity index is 1310. The van der Waals surface area contributed by atoms with Crippen molar-refractivity contribution in [3.05, 3.63) is 60.4 Å². The lowest BCUT2D eigenvalue weighted by molar-refractivity contribution is -0.143. The van der Waals surface area contributed by atoms with Crippen LogP contribution in [0.1, 0.15) is 18.4 Å². The first-order chi connectivity index (χ1) is 16.3. The number of nitrogens with zero attached hydrogens (tertiary/aromatic N) is 4. The number of hydrogen-bond donors (Lipinski definition) is 0. The first kappa shape index (κ1) is 23.2. The molecule has 0 radical (unpaired) electrons. The number of halogens is 3. The van der Waals surface area contributed by atoms with Gasteiger partial charge in [-0.15, -0.1) is 0 Å². The van der Waals surface area contributed by atoms with E-state index in [0.717, 1.165) is 11.3 Å². The number of methoxy groups -OCH3 is 2. The van der Waals surface area contributed by atoms with E-state index in [0.29, 0.717) is 34.4 Å². The number of carbonyl (C=O) groups excluding carboxylic acids is 1. The van der Waals surface area contributed by atoms with Crippen molar-refractivity contribution in [3.8, 4) is 34.4 Å². The van der Waals surface area contributed by atoms with E-state index in [1.165, 1.54) is 14.2 Å². The molecule has 7 nitrogen and oxygen atoms in total. The third kappa shape index (κ3) is 5.33. The van der Waals surface area contributed by atoms with E-state index in [4.69, 9.17) is 9.47 Å². The quantitative estimate of drug-likeness (QED) is 0.363. The molecule has 0 saturated heterocycles. The zero-order valence-electron chi connectivity index (χ0n) is 18.5. The first-order valence-corrected chi connectivity index (χ1v) is 10.4. The largest absolute Gasteiger partial charge is 0.481 e. The van der Waals surface area contributed by atoms with Crippen LogP contribution in [-0.2, 0) is 11.2 Å². The molecule has 0 atom stereocenters. The lowest BCUT2D eigenvalue weighted by Gasteiger charge is -2.08. The van der Waals surface area contributed by atoms with Gasteiger partial charge in [-0.1, -0.05) is 18.2 Å². The molecular formula is C24H21F3N4O3. The Morgan fingerprint density at radius 1 is 1.00 bits per heavy atom. The van der Waals surface area contributed by atoms with Crippen molar-refractivity contribution in [2.75, 3.05) is 14.2 Å². The number of benzene rings is 1. The summed E-state index contributed by atoms with van der Waals surface area (Å²) >= 11 is 0. The van der Waals surface area contributed by atoms with E-state index in [2.05, 4.69) is 15.0 Å². The fourth-order valence-electron chi connectivity index (χ4n) is 3.51. The third-order valence-corrected chi connectivity index (χ3v) is 5.18. The predicted molar refractivity (Wildman–Crippen MR) is 119 cm³/mol. The van der Waals surface area contributed by atoms with Crippen LogP contribution in [0.25, 0.3) is 28.3 Å². The second-order valence-electron chi connectivity index (χ2n) is 7.59. The van der Waals surface area contributed by atoms with Crippen LogP contribution in [0.15, 0.2) is 54.9 Å². The van der Waals surface area contributed by atoms with Crippen molar-refractivity contribution < 1.29 is 27.4 Å². The predicted octanol–water partition coefficient (Wildman–Crippen LogP) is 4.93. The van der Waals surface area contributed by atoms with E-state index >= 15 is 0 Å². The number of alkyl halides is 3. The Balaban J connectivity index is 1.60. The van der Waals surface area contributed by atoms with Crippen LogP contribution < -0.4 is 9.47 Å². The topological polar surface area (TPSA) is 78.6 Å². The Kier molecular flexibility index (Phi) is 6.49. The van der Waals surface area contributed by atoms with Crippen molar-refractivity contribution in [1.82, 2.24) is 19.4 Å². The lowest BCUT2D eigenvalue weighted by atomic mass is 10.0. The highest BCUT2D eigenvalue weighted by molar-refractivity contribution is 5.81. The van der Waals surface area contributed by atoms with Crippen LogP contribution in [0, 0.1) is 0 Å². The zero-order valence-corrected chi connectivity index (χ0v) is 18.5. The molecule has 4 aromatic rings. The summed E-state index contributed by atoms with van der Waals surface area (Å²) in [6.45, 7) is 0. The molecule has 3 heterocycles. The molecule has 0 aliphatic carbocycles. The number of aromatic nitrogens is 4. The molecule has 1 aromatic carbocycles. The number of ether oxygens (including phenoxy) is 2. The van der Waals surface area contributed by atoms with Gasteiger partial charge in [0, 0.05) is 30.2 Å². The van der Waals surface area contributed by atoms with Gasteiger partial charge in [-0.3, -0.25) is 9.20 Å². The monoisotopic (exact) mass is 470 g/mol. The maximum atomic E-state index is 12.4. The molecule has 0 unspecified atom stereocenters. The van der Waals surface area contributed by atoms with Crippen LogP contribution in [-0.4, -0.2) is 45.5 Å². The van der Waals surface area contributed by atoms with Crippen LogP contribution in [0.2, 0.25) is 0 Å². The Hall–Kier alpha value is -3.95. The molecule has 34 heavy (non-hydrogen) atoms. The standard InChI is InChI=1S/C24H21F3N4O3/c1-33-21-13-22(34-2)30-23(29-21)17-7-9-31-19(14-28-20(31)12-17)16-5-3-4-15(10-16)11-18(32)6-8-24(25,26)27/h3-5,7,9-10,12-14H,6,8,11H2,1-2H3. The van der Waals surface area contributed by atoms with Gasteiger partial charge in [0.15, 0.2) is 5.82 Å². The summed E-state index contributed by atoms with van der Waals surface area (Å²) in [7, 11) is 3.02. The molecule has 176 valence electrons. The molecule has 0 aliphatic heterocycles. The van der Waals surface area contributed by atoms with Crippen LogP contribution in [0.5, 0.6) is 11.8 Å². The van der Waals surface area contributed by atoms with E-state index in [1.807, 2.05) is 28.8 Å². The van der Waals surface area contributed by atoms with Crippen LogP contribution in [0.3, 0.4) is 0 Å².